The maximum absolute atomic E-state index is 12.9. The minimum Gasteiger partial charge on any atom is -0.484 e. The van der Waals surface area contributed by atoms with Crippen molar-refractivity contribution in [2.45, 2.75) is 13.2 Å². The van der Waals surface area contributed by atoms with E-state index in [9.17, 15) is 9.18 Å². The summed E-state index contributed by atoms with van der Waals surface area (Å²) < 4.78 is 25.5. The highest BCUT2D eigenvalue weighted by Gasteiger charge is 2.13. The standard InChI is InChI=1S/C19H15FN4O3/c20-13-4-6-15(7-5-13)26-12-18-23-16(11-27-18)19(25)22-10-14-9-21-17-3-1-2-8-24(14)17/h1-9,11H,10,12H2,(H,22,25). The van der Waals surface area contributed by atoms with Crippen LogP contribution in [0.1, 0.15) is 22.1 Å². The summed E-state index contributed by atoms with van der Waals surface area (Å²) in [5, 5.41) is 2.78. The summed E-state index contributed by atoms with van der Waals surface area (Å²) in [7, 11) is 0. The normalized spacial score (nSPS) is 10.9. The third-order valence-corrected chi connectivity index (χ3v) is 3.88. The minimum atomic E-state index is -0.363. The lowest BCUT2D eigenvalue weighted by Gasteiger charge is -2.03. The Balaban J connectivity index is 1.35. The van der Waals surface area contributed by atoms with Crippen molar-refractivity contribution in [1.82, 2.24) is 19.7 Å². The molecule has 8 heteroatoms. The fourth-order valence-corrected chi connectivity index (χ4v) is 2.53. The second-order valence-electron chi connectivity index (χ2n) is 5.73. The highest BCUT2D eigenvalue weighted by Crippen LogP contribution is 2.13. The first kappa shape index (κ1) is 16.8. The zero-order valence-corrected chi connectivity index (χ0v) is 14.1. The molecule has 1 N–H and O–H groups in total. The molecule has 4 aromatic rings. The number of amides is 1. The zero-order chi connectivity index (χ0) is 18.6. The fraction of sp³-hybridized carbons (Fsp3) is 0.105. The van der Waals surface area contributed by atoms with Gasteiger partial charge in [0.25, 0.3) is 5.91 Å². The summed E-state index contributed by atoms with van der Waals surface area (Å²) in [4.78, 5) is 20.6. The number of imidazole rings is 1. The molecule has 3 aromatic heterocycles. The number of halogens is 1. The number of rotatable bonds is 6. The van der Waals surface area contributed by atoms with E-state index in [0.717, 1.165) is 11.3 Å². The monoisotopic (exact) mass is 366 g/mol. The number of oxazole rings is 1. The second-order valence-corrected chi connectivity index (χ2v) is 5.73. The molecule has 0 saturated heterocycles. The van der Waals surface area contributed by atoms with Gasteiger partial charge in [0.1, 0.15) is 23.5 Å². The second kappa shape index (κ2) is 7.28. The van der Waals surface area contributed by atoms with Crippen LogP contribution >= 0.6 is 0 Å². The van der Waals surface area contributed by atoms with Gasteiger partial charge in [-0.3, -0.25) is 4.79 Å². The third-order valence-electron chi connectivity index (χ3n) is 3.88. The van der Waals surface area contributed by atoms with Crippen LogP contribution in [0.2, 0.25) is 0 Å². The molecule has 0 radical (unpaired) electrons. The molecule has 1 aromatic carbocycles. The highest BCUT2D eigenvalue weighted by atomic mass is 19.1. The summed E-state index contributed by atoms with van der Waals surface area (Å²) in [6, 6.07) is 11.3. The minimum absolute atomic E-state index is 0.0339. The first-order valence-corrected chi connectivity index (χ1v) is 8.21. The number of fused-ring (bicyclic) bond motifs is 1. The molecular weight excluding hydrogens is 351 g/mol. The molecule has 0 spiro atoms. The van der Waals surface area contributed by atoms with Crippen LogP contribution < -0.4 is 10.1 Å². The lowest BCUT2D eigenvalue weighted by atomic mass is 10.3. The first-order chi connectivity index (χ1) is 13.2. The molecule has 0 saturated carbocycles. The molecule has 1 amide bonds. The Kier molecular flexibility index (Phi) is 4.52. The largest absolute Gasteiger partial charge is 0.484 e. The number of pyridine rings is 1. The van der Waals surface area contributed by atoms with Crippen molar-refractivity contribution >= 4 is 11.6 Å². The van der Waals surface area contributed by atoms with Crippen molar-refractivity contribution in [2.75, 3.05) is 0 Å². The van der Waals surface area contributed by atoms with Crippen molar-refractivity contribution in [2.24, 2.45) is 0 Å². The van der Waals surface area contributed by atoms with E-state index >= 15 is 0 Å². The molecule has 0 bridgehead atoms. The van der Waals surface area contributed by atoms with E-state index < -0.39 is 0 Å². The Labute approximate surface area is 153 Å². The van der Waals surface area contributed by atoms with Crippen molar-refractivity contribution in [1.29, 1.82) is 0 Å². The molecule has 0 atom stereocenters. The molecule has 136 valence electrons. The lowest BCUT2D eigenvalue weighted by Crippen LogP contribution is -2.23. The van der Waals surface area contributed by atoms with Gasteiger partial charge in [0.05, 0.1) is 18.4 Å². The van der Waals surface area contributed by atoms with Gasteiger partial charge in [-0.25, -0.2) is 14.4 Å². The maximum atomic E-state index is 12.9. The van der Waals surface area contributed by atoms with Crippen molar-refractivity contribution in [3.05, 3.63) is 84.2 Å². The van der Waals surface area contributed by atoms with Gasteiger partial charge in [0, 0.05) is 6.20 Å². The molecule has 27 heavy (non-hydrogen) atoms. The number of carbonyl (C=O) groups is 1. The molecule has 0 fully saturated rings. The quantitative estimate of drug-likeness (QED) is 0.567. The molecule has 0 aliphatic carbocycles. The number of benzene rings is 1. The number of nitrogens with zero attached hydrogens (tertiary/aromatic N) is 3. The van der Waals surface area contributed by atoms with E-state index in [2.05, 4.69) is 15.3 Å². The van der Waals surface area contributed by atoms with Gasteiger partial charge in [-0.1, -0.05) is 6.07 Å². The van der Waals surface area contributed by atoms with Crippen LogP contribution in [-0.2, 0) is 13.2 Å². The molecule has 0 unspecified atom stereocenters. The first-order valence-electron chi connectivity index (χ1n) is 8.21. The lowest BCUT2D eigenvalue weighted by molar-refractivity contribution is 0.0945. The van der Waals surface area contributed by atoms with Gasteiger partial charge in [-0.05, 0) is 36.4 Å². The Hall–Kier alpha value is -3.68. The Morgan fingerprint density at radius 2 is 2.07 bits per heavy atom. The summed E-state index contributed by atoms with van der Waals surface area (Å²) in [6.45, 7) is 0.338. The Morgan fingerprint density at radius 1 is 1.22 bits per heavy atom. The number of aromatic nitrogens is 3. The number of ether oxygens (including phenoxy) is 1. The topological polar surface area (TPSA) is 81.7 Å². The fourth-order valence-electron chi connectivity index (χ4n) is 2.53. The Morgan fingerprint density at radius 3 is 2.93 bits per heavy atom. The summed E-state index contributed by atoms with van der Waals surface area (Å²) in [5.74, 6) is 0.0218. The SMILES string of the molecule is O=C(NCc1cnc2ccccn12)c1coc(COc2ccc(F)cc2)n1. The Bertz CT molecular complexity index is 1070. The van der Waals surface area contributed by atoms with Gasteiger partial charge in [0.2, 0.25) is 5.89 Å². The van der Waals surface area contributed by atoms with Gasteiger partial charge in [-0.2, -0.15) is 0 Å². The van der Waals surface area contributed by atoms with Crippen LogP contribution in [-0.4, -0.2) is 20.3 Å². The van der Waals surface area contributed by atoms with Gasteiger partial charge in [0.15, 0.2) is 12.3 Å². The third kappa shape index (κ3) is 3.79. The smallest absolute Gasteiger partial charge is 0.273 e. The average molecular weight is 366 g/mol. The van der Waals surface area contributed by atoms with E-state index in [0.29, 0.717) is 12.3 Å². The molecule has 0 aliphatic heterocycles. The number of carbonyl (C=O) groups excluding carboxylic acids is 1. The average Bonchev–Trinajstić information content (AvgIpc) is 3.33. The van der Waals surface area contributed by atoms with E-state index in [-0.39, 0.29) is 29.9 Å². The van der Waals surface area contributed by atoms with Crippen LogP contribution in [0, 0.1) is 5.82 Å². The number of hydrogen-bond acceptors (Lipinski definition) is 5. The van der Waals surface area contributed by atoms with Gasteiger partial charge in [-0.15, -0.1) is 0 Å². The van der Waals surface area contributed by atoms with Crippen LogP contribution in [0.4, 0.5) is 4.39 Å². The van der Waals surface area contributed by atoms with E-state index in [1.165, 1.54) is 30.5 Å². The van der Waals surface area contributed by atoms with Crippen molar-refractivity contribution < 1.29 is 18.3 Å². The van der Waals surface area contributed by atoms with Crippen molar-refractivity contribution in [3.63, 3.8) is 0 Å². The molecule has 3 heterocycles. The maximum Gasteiger partial charge on any atom is 0.273 e. The summed E-state index contributed by atoms with van der Waals surface area (Å²) in [6.07, 6.45) is 4.86. The van der Waals surface area contributed by atoms with E-state index in [1.54, 1.807) is 6.20 Å². The molecule has 7 nitrogen and oxygen atoms in total. The van der Waals surface area contributed by atoms with E-state index in [4.69, 9.17) is 9.15 Å². The van der Waals surface area contributed by atoms with E-state index in [1.807, 2.05) is 28.8 Å². The van der Waals surface area contributed by atoms with Crippen LogP contribution in [0.3, 0.4) is 0 Å². The molecule has 0 aliphatic rings. The molecule has 4 rings (SSSR count). The summed E-state index contributed by atoms with van der Waals surface area (Å²) in [5.41, 5.74) is 1.81. The van der Waals surface area contributed by atoms with Crippen LogP contribution in [0.25, 0.3) is 5.65 Å². The molecular formula is C19H15FN4O3. The zero-order valence-electron chi connectivity index (χ0n) is 14.1. The van der Waals surface area contributed by atoms with Crippen molar-refractivity contribution in [3.8, 4) is 5.75 Å². The van der Waals surface area contributed by atoms with Gasteiger partial charge < -0.3 is 18.9 Å². The number of nitrogens with one attached hydrogen (secondary N) is 1. The van der Waals surface area contributed by atoms with Crippen LogP contribution in [0.5, 0.6) is 5.75 Å². The highest BCUT2D eigenvalue weighted by molar-refractivity contribution is 5.91. The number of hydrogen-bond donors (Lipinski definition) is 1. The van der Waals surface area contributed by atoms with Crippen LogP contribution in [0.15, 0.2) is 65.5 Å². The predicted octanol–water partition coefficient (Wildman–Crippen LogP) is 2.97. The predicted molar refractivity (Wildman–Crippen MR) is 93.6 cm³/mol. The van der Waals surface area contributed by atoms with Gasteiger partial charge >= 0.3 is 0 Å². The summed E-state index contributed by atoms with van der Waals surface area (Å²) >= 11 is 0.